The summed E-state index contributed by atoms with van der Waals surface area (Å²) in [4.78, 5) is 15.5. The number of benzene rings is 1. The Morgan fingerprint density at radius 2 is 1.94 bits per heavy atom. The molecule has 3 rings (SSSR count). The molecule has 1 N–H and O–H groups in total. The maximum atomic E-state index is 13.7. The molecule has 0 saturated heterocycles. The van der Waals surface area contributed by atoms with Crippen molar-refractivity contribution in [3.8, 4) is 0 Å². The fraction of sp³-hybridized carbons (Fsp3) is 0.308. The molecule has 0 saturated carbocycles. The van der Waals surface area contributed by atoms with Crippen LogP contribution in [0.15, 0.2) is 10.9 Å². The van der Waals surface area contributed by atoms with Crippen LogP contribution in [0.1, 0.15) is 24.1 Å². The van der Waals surface area contributed by atoms with Gasteiger partial charge in [0, 0.05) is 11.3 Å². The Morgan fingerprint density at radius 1 is 1.22 bits per heavy atom. The van der Waals surface area contributed by atoms with Crippen LogP contribution >= 0.6 is 23.2 Å². The van der Waals surface area contributed by atoms with E-state index in [1.165, 1.54) is 6.07 Å². The predicted octanol–water partition coefficient (Wildman–Crippen LogP) is 3.85. The number of H-pyrrole nitrogens is 1. The molecule has 2 nitrogen and oxygen atoms in total. The van der Waals surface area contributed by atoms with Gasteiger partial charge in [0.1, 0.15) is 0 Å². The fourth-order valence-electron chi connectivity index (χ4n) is 2.52. The summed E-state index contributed by atoms with van der Waals surface area (Å²) >= 11 is 11.6. The van der Waals surface area contributed by atoms with Gasteiger partial charge >= 0.3 is 0 Å². The molecule has 0 atom stereocenters. The van der Waals surface area contributed by atoms with Crippen LogP contribution in [0.25, 0.3) is 10.9 Å². The van der Waals surface area contributed by atoms with Crippen LogP contribution in [0.2, 0.25) is 10.0 Å². The first-order valence-electron chi connectivity index (χ1n) is 5.81. The normalized spacial score (nSPS) is 14.8. The van der Waals surface area contributed by atoms with Crippen molar-refractivity contribution in [1.82, 2.24) is 4.98 Å². The van der Waals surface area contributed by atoms with Crippen LogP contribution in [-0.4, -0.2) is 4.98 Å². The zero-order valence-electron chi connectivity index (χ0n) is 9.45. The molecule has 0 radical (unpaired) electrons. The highest BCUT2D eigenvalue weighted by Gasteiger charge is 2.20. The van der Waals surface area contributed by atoms with E-state index in [4.69, 9.17) is 23.2 Å². The summed E-state index contributed by atoms with van der Waals surface area (Å²) < 4.78 is 13.7. The van der Waals surface area contributed by atoms with E-state index in [-0.39, 0.29) is 20.9 Å². The number of fused-ring (bicyclic) bond motifs is 2. The molecule has 1 aromatic carbocycles. The molecule has 0 fully saturated rings. The van der Waals surface area contributed by atoms with Crippen molar-refractivity contribution in [3.63, 3.8) is 0 Å². The number of halogens is 3. The lowest BCUT2D eigenvalue weighted by molar-refractivity contribution is 0.629. The number of hydrogen-bond donors (Lipinski definition) is 1. The minimum absolute atomic E-state index is 0.0705. The van der Waals surface area contributed by atoms with E-state index in [2.05, 4.69) is 4.98 Å². The molecule has 0 amide bonds. The van der Waals surface area contributed by atoms with Crippen LogP contribution in [0, 0.1) is 5.82 Å². The van der Waals surface area contributed by atoms with Gasteiger partial charge in [-0.05, 0) is 31.7 Å². The molecule has 2 aromatic rings. The molecule has 1 aliphatic carbocycles. The number of aromatic nitrogens is 1. The van der Waals surface area contributed by atoms with Crippen molar-refractivity contribution in [2.24, 2.45) is 0 Å². The molecular formula is C13H10Cl2FNO. The highest BCUT2D eigenvalue weighted by atomic mass is 35.5. The average molecular weight is 286 g/mol. The Labute approximate surface area is 113 Å². The summed E-state index contributed by atoms with van der Waals surface area (Å²) in [7, 11) is 0. The number of hydrogen-bond acceptors (Lipinski definition) is 1. The third kappa shape index (κ3) is 1.65. The molecular weight excluding hydrogens is 276 g/mol. The fourth-order valence-corrected chi connectivity index (χ4v) is 3.06. The van der Waals surface area contributed by atoms with Gasteiger partial charge < -0.3 is 4.98 Å². The van der Waals surface area contributed by atoms with E-state index in [9.17, 15) is 9.18 Å². The third-order valence-corrected chi connectivity index (χ3v) is 4.05. The van der Waals surface area contributed by atoms with Crippen molar-refractivity contribution in [2.75, 3.05) is 0 Å². The predicted molar refractivity (Wildman–Crippen MR) is 71.2 cm³/mol. The van der Waals surface area contributed by atoms with Gasteiger partial charge in [0.15, 0.2) is 11.2 Å². The van der Waals surface area contributed by atoms with Crippen LogP contribution in [0.5, 0.6) is 0 Å². The summed E-state index contributed by atoms with van der Waals surface area (Å²) in [6.45, 7) is 0. The lowest BCUT2D eigenvalue weighted by Gasteiger charge is -2.16. The Balaban J connectivity index is 2.47. The summed E-state index contributed by atoms with van der Waals surface area (Å²) in [5, 5.41) is -0.0507. The van der Waals surface area contributed by atoms with Crippen LogP contribution in [-0.2, 0) is 12.8 Å². The van der Waals surface area contributed by atoms with Gasteiger partial charge in [-0.25, -0.2) is 4.39 Å². The van der Waals surface area contributed by atoms with E-state index in [0.717, 1.165) is 36.9 Å². The van der Waals surface area contributed by atoms with Crippen molar-refractivity contribution in [2.45, 2.75) is 25.7 Å². The summed E-state index contributed by atoms with van der Waals surface area (Å²) in [5.74, 6) is -0.730. The Bertz CT molecular complexity index is 708. The monoisotopic (exact) mass is 285 g/mol. The van der Waals surface area contributed by atoms with Crippen LogP contribution in [0.4, 0.5) is 4.39 Å². The maximum Gasteiger partial charge on any atom is 0.194 e. The van der Waals surface area contributed by atoms with E-state index in [1.807, 2.05) is 0 Å². The third-order valence-electron chi connectivity index (χ3n) is 3.42. The first-order chi connectivity index (χ1) is 8.59. The van der Waals surface area contributed by atoms with Gasteiger partial charge in [-0.1, -0.05) is 23.2 Å². The summed E-state index contributed by atoms with van der Waals surface area (Å²) in [6.07, 6.45) is 3.60. The molecule has 0 spiro atoms. The molecule has 0 unspecified atom stereocenters. The second-order valence-corrected chi connectivity index (χ2v) is 5.31. The van der Waals surface area contributed by atoms with Crippen molar-refractivity contribution in [1.29, 1.82) is 0 Å². The highest BCUT2D eigenvalue weighted by Crippen LogP contribution is 2.30. The standard InChI is InChI=1S/C13H10Cl2FNO/c14-7-5-9-10(11(15)12(7)16)13(18)6-3-1-2-4-8(6)17-9/h5H,1-4H2,(H,17,18). The van der Waals surface area contributed by atoms with Crippen molar-refractivity contribution < 1.29 is 4.39 Å². The van der Waals surface area contributed by atoms with Gasteiger partial charge in [-0.3, -0.25) is 4.79 Å². The van der Waals surface area contributed by atoms with Crippen LogP contribution < -0.4 is 5.43 Å². The first-order valence-corrected chi connectivity index (χ1v) is 6.56. The first kappa shape index (κ1) is 12.0. The number of aromatic amines is 1. The molecule has 1 heterocycles. The SMILES string of the molecule is O=c1c2c([nH]c3cc(Cl)c(F)c(Cl)c13)CCCC2. The quantitative estimate of drug-likeness (QED) is 0.733. The lowest BCUT2D eigenvalue weighted by Crippen LogP contribution is -2.19. The molecule has 0 aliphatic heterocycles. The summed E-state index contributed by atoms with van der Waals surface area (Å²) in [5.41, 5.74) is 2.01. The molecule has 1 aliphatic rings. The maximum absolute atomic E-state index is 13.7. The van der Waals surface area contributed by atoms with E-state index >= 15 is 0 Å². The molecule has 1 aromatic heterocycles. The Kier molecular flexibility index (Phi) is 2.83. The van der Waals surface area contributed by atoms with E-state index < -0.39 is 5.82 Å². The highest BCUT2D eigenvalue weighted by molar-refractivity contribution is 6.38. The van der Waals surface area contributed by atoms with Crippen molar-refractivity contribution >= 4 is 34.1 Å². The second-order valence-electron chi connectivity index (χ2n) is 4.53. The topological polar surface area (TPSA) is 32.9 Å². The summed E-state index contributed by atoms with van der Waals surface area (Å²) in [6, 6.07) is 1.42. The molecule has 94 valence electrons. The zero-order valence-corrected chi connectivity index (χ0v) is 11.0. The minimum Gasteiger partial charge on any atom is -0.358 e. The van der Waals surface area contributed by atoms with Gasteiger partial charge in [-0.2, -0.15) is 0 Å². The van der Waals surface area contributed by atoms with E-state index in [1.54, 1.807) is 0 Å². The molecule has 0 bridgehead atoms. The largest absolute Gasteiger partial charge is 0.358 e. The Hall–Kier alpha value is -1.06. The molecule has 5 heteroatoms. The zero-order chi connectivity index (χ0) is 12.9. The lowest BCUT2D eigenvalue weighted by atomic mass is 9.94. The number of nitrogens with one attached hydrogen (secondary N) is 1. The average Bonchev–Trinajstić information content (AvgIpc) is 2.36. The smallest absolute Gasteiger partial charge is 0.194 e. The van der Waals surface area contributed by atoms with Gasteiger partial charge in [0.05, 0.1) is 20.9 Å². The van der Waals surface area contributed by atoms with Crippen molar-refractivity contribution in [3.05, 3.63) is 43.4 Å². The minimum atomic E-state index is -0.730. The van der Waals surface area contributed by atoms with Crippen LogP contribution in [0.3, 0.4) is 0 Å². The number of rotatable bonds is 0. The second kappa shape index (κ2) is 4.25. The van der Waals surface area contributed by atoms with Gasteiger partial charge in [0.2, 0.25) is 0 Å². The van der Waals surface area contributed by atoms with Gasteiger partial charge in [-0.15, -0.1) is 0 Å². The molecule has 18 heavy (non-hydrogen) atoms. The number of pyridine rings is 1. The van der Waals surface area contributed by atoms with E-state index in [0.29, 0.717) is 5.52 Å². The number of aryl methyl sites for hydroxylation is 1. The Morgan fingerprint density at radius 3 is 2.72 bits per heavy atom. The van der Waals surface area contributed by atoms with Gasteiger partial charge in [0.25, 0.3) is 0 Å².